The first-order valence-electron chi connectivity index (χ1n) is 10.8. The van der Waals surface area contributed by atoms with Crippen LogP contribution in [0.25, 0.3) is 11.3 Å². The molecule has 0 aliphatic rings. The number of rotatable bonds is 7. The van der Waals surface area contributed by atoms with Gasteiger partial charge in [-0.15, -0.1) is 10.2 Å². The molecule has 4 aromatic rings. The first-order valence-corrected chi connectivity index (χ1v) is 11.5. The number of aromatic nitrogens is 2. The van der Waals surface area contributed by atoms with E-state index in [1.165, 1.54) is 0 Å². The lowest BCUT2D eigenvalue weighted by Gasteiger charge is -2.15. The maximum Gasteiger partial charge on any atom is 0.313 e. The quantitative estimate of drug-likeness (QED) is 0.170. The standard InChI is InChI=1S/C26H22ClN5O2S/c27-19-11-5-4-10-18(19)20(28)16-25(33)34-23-13-7-6-12-22(23)29-26(35)30-24-15-14-21(31-32-24)17-8-2-1-3-9-17/h1-15,20H,16,28H2,(H2,29,30,32,35). The van der Waals surface area contributed by atoms with Gasteiger partial charge in [0.25, 0.3) is 0 Å². The first kappa shape index (κ1) is 24.3. The summed E-state index contributed by atoms with van der Waals surface area (Å²) in [7, 11) is 0. The summed E-state index contributed by atoms with van der Waals surface area (Å²) < 4.78 is 5.55. The van der Waals surface area contributed by atoms with E-state index in [1.54, 1.807) is 48.5 Å². The third-order valence-corrected chi connectivity index (χ3v) is 5.57. The van der Waals surface area contributed by atoms with Crippen LogP contribution in [0.5, 0.6) is 5.75 Å². The number of hydrogen-bond donors (Lipinski definition) is 3. The molecule has 1 atom stereocenters. The van der Waals surface area contributed by atoms with Gasteiger partial charge in [-0.1, -0.05) is 72.3 Å². The lowest BCUT2D eigenvalue weighted by atomic mass is 10.1. The predicted octanol–water partition coefficient (Wildman–Crippen LogP) is 5.60. The van der Waals surface area contributed by atoms with Crippen LogP contribution in [0.3, 0.4) is 0 Å². The van der Waals surface area contributed by atoms with Crippen molar-refractivity contribution in [2.24, 2.45) is 5.73 Å². The molecule has 7 nitrogen and oxygen atoms in total. The Morgan fingerprint density at radius 2 is 1.63 bits per heavy atom. The second-order valence-corrected chi connectivity index (χ2v) is 8.37. The van der Waals surface area contributed by atoms with Gasteiger partial charge >= 0.3 is 5.97 Å². The molecule has 1 aromatic heterocycles. The fourth-order valence-corrected chi connectivity index (χ4v) is 3.81. The second-order valence-electron chi connectivity index (χ2n) is 7.55. The molecule has 0 aliphatic carbocycles. The minimum atomic E-state index is -0.587. The number of anilines is 2. The molecular weight excluding hydrogens is 482 g/mol. The van der Waals surface area contributed by atoms with Crippen LogP contribution in [-0.2, 0) is 4.79 Å². The van der Waals surface area contributed by atoms with Crippen LogP contribution in [0.2, 0.25) is 5.02 Å². The van der Waals surface area contributed by atoms with Crippen LogP contribution in [0, 0.1) is 0 Å². The second kappa shape index (κ2) is 11.5. The lowest BCUT2D eigenvalue weighted by molar-refractivity contribution is -0.134. The fourth-order valence-electron chi connectivity index (χ4n) is 3.32. The fraction of sp³-hybridized carbons (Fsp3) is 0.0769. The van der Waals surface area contributed by atoms with Crippen molar-refractivity contribution < 1.29 is 9.53 Å². The highest BCUT2D eigenvalue weighted by Gasteiger charge is 2.17. The molecule has 35 heavy (non-hydrogen) atoms. The normalized spacial score (nSPS) is 11.4. The average Bonchev–Trinajstić information content (AvgIpc) is 2.86. The van der Waals surface area contributed by atoms with Gasteiger partial charge in [0.1, 0.15) is 0 Å². The maximum absolute atomic E-state index is 12.5. The SMILES string of the molecule is NC(CC(=O)Oc1ccccc1NC(=S)Nc1ccc(-c2ccccc2)nn1)c1ccccc1Cl. The van der Waals surface area contributed by atoms with Crippen LogP contribution in [-0.4, -0.2) is 21.3 Å². The zero-order valence-corrected chi connectivity index (χ0v) is 20.1. The summed E-state index contributed by atoms with van der Waals surface area (Å²) in [5.41, 5.74) is 9.08. The van der Waals surface area contributed by atoms with Crippen LogP contribution in [0.15, 0.2) is 91.0 Å². The zero-order chi connectivity index (χ0) is 24.6. The number of halogens is 1. The Kier molecular flexibility index (Phi) is 7.99. The third-order valence-electron chi connectivity index (χ3n) is 5.03. The number of nitrogens with two attached hydrogens (primary N) is 1. The van der Waals surface area contributed by atoms with Crippen molar-refractivity contribution in [3.8, 4) is 17.0 Å². The van der Waals surface area contributed by atoms with Crippen molar-refractivity contribution in [3.05, 3.63) is 102 Å². The summed E-state index contributed by atoms with van der Waals surface area (Å²) in [6.45, 7) is 0. The molecule has 0 amide bonds. The average molecular weight is 504 g/mol. The predicted molar refractivity (Wildman–Crippen MR) is 142 cm³/mol. The highest BCUT2D eigenvalue weighted by molar-refractivity contribution is 7.80. The van der Waals surface area contributed by atoms with Crippen LogP contribution in [0.4, 0.5) is 11.5 Å². The molecule has 0 bridgehead atoms. The Morgan fingerprint density at radius 1 is 0.914 bits per heavy atom. The molecule has 4 rings (SSSR count). The van der Waals surface area contributed by atoms with E-state index in [1.807, 2.05) is 42.5 Å². The van der Waals surface area contributed by atoms with Gasteiger partial charge in [0.05, 0.1) is 17.8 Å². The van der Waals surface area contributed by atoms with Crippen molar-refractivity contribution >= 4 is 46.4 Å². The summed E-state index contributed by atoms with van der Waals surface area (Å²) >= 11 is 11.6. The number of carbonyl (C=O) groups excluding carboxylic acids is 1. The van der Waals surface area contributed by atoms with Gasteiger partial charge in [0, 0.05) is 16.6 Å². The first-order chi connectivity index (χ1) is 17.0. The molecule has 176 valence electrons. The number of hydrogen-bond acceptors (Lipinski definition) is 6. The number of nitrogens with zero attached hydrogens (tertiary/aromatic N) is 2. The Morgan fingerprint density at radius 3 is 2.37 bits per heavy atom. The van der Waals surface area contributed by atoms with Crippen molar-refractivity contribution in [3.63, 3.8) is 0 Å². The summed E-state index contributed by atoms with van der Waals surface area (Å²) in [5, 5.41) is 15.2. The lowest BCUT2D eigenvalue weighted by Crippen LogP contribution is -2.22. The van der Waals surface area contributed by atoms with E-state index in [9.17, 15) is 4.79 Å². The number of para-hydroxylation sites is 2. The monoisotopic (exact) mass is 503 g/mol. The van der Waals surface area contributed by atoms with Crippen LogP contribution < -0.4 is 21.1 Å². The topological polar surface area (TPSA) is 102 Å². The molecule has 1 heterocycles. The Balaban J connectivity index is 1.37. The van der Waals surface area contributed by atoms with Gasteiger partial charge in [-0.3, -0.25) is 4.79 Å². The summed E-state index contributed by atoms with van der Waals surface area (Å²) in [4.78, 5) is 12.5. The Bertz CT molecular complexity index is 1320. The molecule has 9 heteroatoms. The highest BCUT2D eigenvalue weighted by atomic mass is 35.5. The zero-order valence-electron chi connectivity index (χ0n) is 18.5. The minimum Gasteiger partial charge on any atom is -0.424 e. The minimum absolute atomic E-state index is 0.0376. The smallest absolute Gasteiger partial charge is 0.313 e. The molecule has 0 saturated carbocycles. The number of carbonyl (C=O) groups is 1. The molecule has 0 radical (unpaired) electrons. The third kappa shape index (κ3) is 6.60. The van der Waals surface area contributed by atoms with E-state index in [0.29, 0.717) is 27.8 Å². The number of benzene rings is 3. The van der Waals surface area contributed by atoms with Crippen LogP contribution in [0.1, 0.15) is 18.0 Å². The number of ether oxygens (including phenoxy) is 1. The van der Waals surface area contributed by atoms with E-state index in [2.05, 4.69) is 20.8 Å². The highest BCUT2D eigenvalue weighted by Crippen LogP contribution is 2.27. The molecule has 0 saturated heterocycles. The van der Waals surface area contributed by atoms with E-state index in [-0.39, 0.29) is 11.5 Å². The van der Waals surface area contributed by atoms with Gasteiger partial charge in [0.2, 0.25) is 0 Å². The van der Waals surface area contributed by atoms with Gasteiger partial charge in [-0.25, -0.2) is 0 Å². The van der Waals surface area contributed by atoms with E-state index < -0.39 is 12.0 Å². The van der Waals surface area contributed by atoms with Gasteiger partial charge in [-0.05, 0) is 48.1 Å². The number of nitrogens with one attached hydrogen (secondary N) is 2. The number of thiocarbonyl (C=S) groups is 1. The molecule has 4 N–H and O–H groups in total. The van der Waals surface area contributed by atoms with E-state index >= 15 is 0 Å². The Labute approximate surface area is 213 Å². The largest absolute Gasteiger partial charge is 0.424 e. The van der Waals surface area contributed by atoms with E-state index in [4.69, 9.17) is 34.3 Å². The van der Waals surface area contributed by atoms with Crippen molar-refractivity contribution in [2.45, 2.75) is 12.5 Å². The Hall–Kier alpha value is -3.85. The molecular formula is C26H22ClN5O2S. The summed E-state index contributed by atoms with van der Waals surface area (Å²) in [6, 6.07) is 26.9. The molecule has 0 fully saturated rings. The summed E-state index contributed by atoms with van der Waals surface area (Å²) in [5.74, 6) is 0.300. The van der Waals surface area contributed by atoms with Crippen LogP contribution >= 0.6 is 23.8 Å². The van der Waals surface area contributed by atoms with Gasteiger partial charge in [-0.2, -0.15) is 0 Å². The van der Waals surface area contributed by atoms with Gasteiger partial charge < -0.3 is 21.1 Å². The maximum atomic E-state index is 12.5. The van der Waals surface area contributed by atoms with E-state index in [0.717, 1.165) is 11.3 Å². The van der Waals surface area contributed by atoms with Crippen molar-refractivity contribution in [1.82, 2.24) is 10.2 Å². The molecule has 0 spiro atoms. The number of esters is 1. The molecule has 0 aliphatic heterocycles. The molecule has 1 unspecified atom stereocenters. The molecule has 3 aromatic carbocycles. The summed E-state index contributed by atoms with van der Waals surface area (Å²) in [6.07, 6.45) is -0.0376. The van der Waals surface area contributed by atoms with Gasteiger partial charge in [0.15, 0.2) is 16.7 Å². The van der Waals surface area contributed by atoms with Crippen molar-refractivity contribution in [1.29, 1.82) is 0 Å². The van der Waals surface area contributed by atoms with Crippen molar-refractivity contribution in [2.75, 3.05) is 10.6 Å².